The molecule has 1 aromatic heterocycles. The third kappa shape index (κ3) is 3.54. The number of benzene rings is 1. The molecule has 0 bridgehead atoms. The highest BCUT2D eigenvalue weighted by molar-refractivity contribution is 5.41. The van der Waals surface area contributed by atoms with Gasteiger partial charge in [0.25, 0.3) is 0 Å². The van der Waals surface area contributed by atoms with Crippen molar-refractivity contribution in [1.29, 1.82) is 0 Å². The van der Waals surface area contributed by atoms with Crippen LogP contribution >= 0.6 is 0 Å². The maximum atomic E-state index is 14.2. The van der Waals surface area contributed by atoms with Gasteiger partial charge in [0.2, 0.25) is 0 Å². The molecule has 0 radical (unpaired) electrons. The molecule has 22 heavy (non-hydrogen) atoms. The Bertz CT molecular complexity index is 589. The molecule has 0 atom stereocenters. The highest BCUT2D eigenvalue weighted by atomic mass is 19.1. The molecule has 2 aromatic rings. The van der Waals surface area contributed by atoms with E-state index < -0.39 is 0 Å². The molecule has 5 heteroatoms. The van der Waals surface area contributed by atoms with Crippen molar-refractivity contribution >= 4 is 0 Å². The van der Waals surface area contributed by atoms with E-state index in [1.54, 1.807) is 23.1 Å². The van der Waals surface area contributed by atoms with Gasteiger partial charge in [-0.15, -0.1) is 0 Å². The van der Waals surface area contributed by atoms with Gasteiger partial charge in [0, 0.05) is 38.6 Å². The van der Waals surface area contributed by atoms with Crippen LogP contribution in [0.2, 0.25) is 0 Å². The number of rotatable bonds is 5. The minimum absolute atomic E-state index is 0.208. The molecule has 3 rings (SSSR count). The van der Waals surface area contributed by atoms with Crippen LogP contribution in [0.1, 0.15) is 12.0 Å². The van der Waals surface area contributed by atoms with Crippen LogP contribution < -0.4 is 0 Å². The number of aryl methyl sites for hydroxylation is 1. The van der Waals surface area contributed by atoms with Crippen molar-refractivity contribution in [3.8, 4) is 5.69 Å². The number of likely N-dealkylation sites (N-methyl/N-ethyl adjacent to an activating group) is 1. The van der Waals surface area contributed by atoms with Gasteiger partial charge in [-0.25, -0.2) is 9.07 Å². The zero-order valence-corrected chi connectivity index (χ0v) is 13.1. The van der Waals surface area contributed by atoms with E-state index in [2.05, 4.69) is 21.9 Å². The van der Waals surface area contributed by atoms with Crippen molar-refractivity contribution in [1.82, 2.24) is 19.6 Å². The molecule has 0 spiro atoms. The zero-order chi connectivity index (χ0) is 15.4. The molecule has 4 nitrogen and oxygen atoms in total. The second kappa shape index (κ2) is 7.03. The lowest BCUT2D eigenvalue weighted by atomic mass is 10.1. The Balaban J connectivity index is 1.62. The summed E-state index contributed by atoms with van der Waals surface area (Å²) in [6.07, 6.45) is 5.39. The molecule has 118 valence electrons. The third-order valence-electron chi connectivity index (χ3n) is 4.32. The molecule has 0 aliphatic carbocycles. The van der Waals surface area contributed by atoms with Gasteiger partial charge in [-0.2, -0.15) is 5.10 Å². The number of hydrogen-bond donors (Lipinski definition) is 0. The van der Waals surface area contributed by atoms with E-state index in [9.17, 15) is 4.39 Å². The maximum Gasteiger partial charge on any atom is 0.149 e. The van der Waals surface area contributed by atoms with E-state index >= 15 is 0 Å². The van der Waals surface area contributed by atoms with Crippen molar-refractivity contribution in [3.63, 3.8) is 0 Å². The Morgan fingerprint density at radius 2 is 1.95 bits per heavy atom. The fourth-order valence-corrected chi connectivity index (χ4v) is 2.98. The first-order chi connectivity index (χ1) is 10.7. The maximum absolute atomic E-state index is 14.2. The lowest BCUT2D eigenvalue weighted by molar-refractivity contribution is 0.153. The molecule has 0 N–H and O–H groups in total. The van der Waals surface area contributed by atoms with Crippen LogP contribution in [0.4, 0.5) is 4.39 Å². The van der Waals surface area contributed by atoms with Gasteiger partial charge in [0.1, 0.15) is 11.5 Å². The number of halogens is 1. The van der Waals surface area contributed by atoms with E-state index in [0.717, 1.165) is 51.1 Å². The standard InChI is InChI=1S/C17H23FN4/c1-20-11-13-21(14-12-20)9-3-6-15-5-2-7-16(18)17(15)22-10-4-8-19-22/h2,4-5,7-8,10H,3,6,9,11-14H2,1H3. The van der Waals surface area contributed by atoms with Gasteiger partial charge >= 0.3 is 0 Å². The van der Waals surface area contributed by atoms with E-state index in [4.69, 9.17) is 0 Å². The van der Waals surface area contributed by atoms with Crippen LogP contribution in [0.3, 0.4) is 0 Å². The Morgan fingerprint density at radius 1 is 1.14 bits per heavy atom. The van der Waals surface area contributed by atoms with Gasteiger partial charge in [0.05, 0.1) is 0 Å². The van der Waals surface area contributed by atoms with Crippen LogP contribution in [-0.2, 0) is 6.42 Å². The van der Waals surface area contributed by atoms with Gasteiger partial charge < -0.3 is 9.80 Å². The molecule has 1 aliphatic heterocycles. The van der Waals surface area contributed by atoms with Crippen LogP contribution in [0.25, 0.3) is 5.69 Å². The minimum atomic E-state index is -0.208. The second-order valence-corrected chi connectivity index (χ2v) is 5.95. The summed E-state index contributed by atoms with van der Waals surface area (Å²) in [7, 11) is 2.17. The normalized spacial score (nSPS) is 17.0. The third-order valence-corrected chi connectivity index (χ3v) is 4.32. The van der Waals surface area contributed by atoms with Crippen molar-refractivity contribution in [2.24, 2.45) is 0 Å². The molecule has 2 heterocycles. The molecule has 1 fully saturated rings. The Labute approximate surface area is 131 Å². The quantitative estimate of drug-likeness (QED) is 0.846. The average Bonchev–Trinajstić information content (AvgIpc) is 3.03. The van der Waals surface area contributed by atoms with Crippen molar-refractivity contribution < 1.29 is 4.39 Å². The first-order valence-corrected chi connectivity index (χ1v) is 7.92. The monoisotopic (exact) mass is 302 g/mol. The first-order valence-electron chi connectivity index (χ1n) is 7.92. The van der Waals surface area contributed by atoms with Gasteiger partial charge in [0.15, 0.2) is 0 Å². The number of para-hydroxylation sites is 1. The van der Waals surface area contributed by atoms with Gasteiger partial charge in [-0.05, 0) is 44.1 Å². The fourth-order valence-electron chi connectivity index (χ4n) is 2.98. The number of hydrogen-bond acceptors (Lipinski definition) is 3. The molecule has 1 aromatic carbocycles. The second-order valence-electron chi connectivity index (χ2n) is 5.95. The number of aromatic nitrogens is 2. The largest absolute Gasteiger partial charge is 0.304 e. The lowest BCUT2D eigenvalue weighted by Crippen LogP contribution is -2.44. The molecule has 0 amide bonds. The van der Waals surface area contributed by atoms with Crippen LogP contribution in [-0.4, -0.2) is 59.4 Å². The van der Waals surface area contributed by atoms with Gasteiger partial charge in [-0.3, -0.25) is 0 Å². The Kier molecular flexibility index (Phi) is 4.85. The van der Waals surface area contributed by atoms with Gasteiger partial charge in [-0.1, -0.05) is 12.1 Å². The summed E-state index contributed by atoms with van der Waals surface area (Å²) in [5, 5.41) is 4.17. The average molecular weight is 302 g/mol. The number of nitrogens with zero attached hydrogens (tertiary/aromatic N) is 4. The predicted molar refractivity (Wildman–Crippen MR) is 85.8 cm³/mol. The molecular formula is C17H23FN4. The Morgan fingerprint density at radius 3 is 2.68 bits per heavy atom. The van der Waals surface area contributed by atoms with E-state index in [1.807, 2.05) is 12.1 Å². The topological polar surface area (TPSA) is 24.3 Å². The summed E-state index contributed by atoms with van der Waals surface area (Å²) < 4.78 is 15.8. The minimum Gasteiger partial charge on any atom is -0.304 e. The molecule has 0 unspecified atom stereocenters. The van der Waals surface area contributed by atoms with Crippen LogP contribution in [0.15, 0.2) is 36.7 Å². The Hall–Kier alpha value is -1.72. The zero-order valence-electron chi connectivity index (χ0n) is 13.1. The summed E-state index contributed by atoms with van der Waals surface area (Å²) in [6.45, 7) is 5.61. The van der Waals surface area contributed by atoms with E-state index in [1.165, 1.54) is 6.07 Å². The van der Waals surface area contributed by atoms with Crippen LogP contribution in [0, 0.1) is 5.82 Å². The summed E-state index contributed by atoms with van der Waals surface area (Å²) in [6, 6.07) is 7.11. The first kappa shape index (κ1) is 15.2. The molecule has 0 saturated carbocycles. The number of piperazine rings is 1. The summed E-state index contributed by atoms with van der Waals surface area (Å²) in [5.41, 5.74) is 1.61. The van der Waals surface area contributed by atoms with E-state index in [0.29, 0.717) is 5.69 Å². The van der Waals surface area contributed by atoms with Crippen LogP contribution in [0.5, 0.6) is 0 Å². The summed E-state index contributed by atoms with van der Waals surface area (Å²) >= 11 is 0. The summed E-state index contributed by atoms with van der Waals surface area (Å²) in [5.74, 6) is -0.208. The molecule has 1 saturated heterocycles. The highest BCUT2D eigenvalue weighted by Crippen LogP contribution is 2.19. The highest BCUT2D eigenvalue weighted by Gasteiger charge is 2.14. The van der Waals surface area contributed by atoms with Crippen molar-refractivity contribution in [2.75, 3.05) is 39.8 Å². The fraction of sp³-hybridized carbons (Fsp3) is 0.471. The van der Waals surface area contributed by atoms with Crippen molar-refractivity contribution in [3.05, 3.63) is 48.0 Å². The molecular weight excluding hydrogens is 279 g/mol. The molecule has 1 aliphatic rings. The van der Waals surface area contributed by atoms with Crippen molar-refractivity contribution in [2.45, 2.75) is 12.8 Å². The SMILES string of the molecule is CN1CCN(CCCc2cccc(F)c2-n2cccn2)CC1. The smallest absolute Gasteiger partial charge is 0.149 e. The lowest BCUT2D eigenvalue weighted by Gasteiger charge is -2.32. The predicted octanol–water partition coefficient (Wildman–Crippen LogP) is 2.19. The summed E-state index contributed by atoms with van der Waals surface area (Å²) in [4.78, 5) is 4.85. The van der Waals surface area contributed by atoms with E-state index in [-0.39, 0.29) is 5.82 Å².